The van der Waals surface area contributed by atoms with Gasteiger partial charge in [-0.2, -0.15) is 0 Å². The summed E-state index contributed by atoms with van der Waals surface area (Å²) in [7, 11) is 0. The van der Waals surface area contributed by atoms with Crippen LogP contribution in [0.3, 0.4) is 0 Å². The first-order valence-corrected chi connectivity index (χ1v) is 9.66. The number of ketones is 1. The number of amides is 1. The normalized spacial score (nSPS) is 11.6. The third-order valence-electron chi connectivity index (χ3n) is 4.38. The predicted molar refractivity (Wildman–Crippen MR) is 110 cm³/mol. The van der Waals surface area contributed by atoms with Crippen LogP contribution in [0, 0.1) is 5.92 Å². The Labute approximate surface area is 171 Å². The number of para-hydroxylation sites is 1. The number of carbonyl (C=O) groups excluding carboxylic acids is 3. The Hall–Kier alpha value is -3.15. The minimum absolute atomic E-state index is 0.206. The van der Waals surface area contributed by atoms with Crippen molar-refractivity contribution in [3.05, 3.63) is 65.7 Å². The van der Waals surface area contributed by atoms with Crippen LogP contribution in [0.5, 0.6) is 5.75 Å². The fourth-order valence-electron chi connectivity index (χ4n) is 2.61. The second-order valence-corrected chi connectivity index (χ2v) is 6.97. The molecule has 0 heterocycles. The summed E-state index contributed by atoms with van der Waals surface area (Å²) < 4.78 is 10.5. The summed E-state index contributed by atoms with van der Waals surface area (Å²) >= 11 is 0. The Balaban J connectivity index is 1.85. The number of hydrogen-bond acceptors (Lipinski definition) is 5. The second kappa shape index (κ2) is 11.0. The molecular formula is C23H27NO5. The van der Waals surface area contributed by atoms with Gasteiger partial charge in [0.1, 0.15) is 11.8 Å². The van der Waals surface area contributed by atoms with E-state index in [0.717, 1.165) is 12.0 Å². The molecule has 0 unspecified atom stereocenters. The fraction of sp³-hybridized carbons (Fsp3) is 0.348. The number of nitrogens with one attached hydrogen (secondary N) is 1. The molecule has 0 bridgehead atoms. The lowest BCUT2D eigenvalue weighted by Crippen LogP contribution is -2.47. The Morgan fingerprint density at radius 1 is 0.931 bits per heavy atom. The van der Waals surface area contributed by atoms with Crippen molar-refractivity contribution in [1.29, 1.82) is 0 Å². The van der Waals surface area contributed by atoms with Crippen LogP contribution in [-0.2, 0) is 20.7 Å². The van der Waals surface area contributed by atoms with Gasteiger partial charge in [-0.1, -0.05) is 63.2 Å². The molecule has 2 rings (SSSR count). The van der Waals surface area contributed by atoms with E-state index in [9.17, 15) is 14.4 Å². The van der Waals surface area contributed by atoms with Crippen molar-refractivity contribution in [3.8, 4) is 5.75 Å². The van der Waals surface area contributed by atoms with Gasteiger partial charge in [-0.15, -0.1) is 0 Å². The van der Waals surface area contributed by atoms with E-state index >= 15 is 0 Å². The van der Waals surface area contributed by atoms with Crippen LogP contribution in [0.4, 0.5) is 0 Å². The highest BCUT2D eigenvalue weighted by atomic mass is 16.5. The molecule has 0 aliphatic carbocycles. The van der Waals surface area contributed by atoms with Gasteiger partial charge in [-0.25, -0.2) is 4.79 Å². The first-order valence-electron chi connectivity index (χ1n) is 9.66. The number of benzene rings is 2. The summed E-state index contributed by atoms with van der Waals surface area (Å²) in [6.45, 7) is 5.02. The molecule has 0 fully saturated rings. The van der Waals surface area contributed by atoms with Gasteiger partial charge < -0.3 is 14.8 Å². The lowest BCUT2D eigenvalue weighted by atomic mass is 10.0. The van der Waals surface area contributed by atoms with Crippen LogP contribution >= 0.6 is 0 Å². The monoisotopic (exact) mass is 397 g/mol. The number of carbonyl (C=O) groups is 3. The molecule has 29 heavy (non-hydrogen) atoms. The average molecular weight is 397 g/mol. The summed E-state index contributed by atoms with van der Waals surface area (Å²) in [5.74, 6) is -1.02. The van der Waals surface area contributed by atoms with Crippen molar-refractivity contribution >= 4 is 17.7 Å². The quantitative estimate of drug-likeness (QED) is 0.492. The highest BCUT2D eigenvalue weighted by Gasteiger charge is 2.26. The lowest BCUT2D eigenvalue weighted by Gasteiger charge is -2.20. The van der Waals surface area contributed by atoms with Gasteiger partial charge in [0.2, 0.25) is 0 Å². The SMILES string of the molecule is CCc1ccc(C(=O)COC(=O)[C@@H](NC(=O)COc2ccccc2)C(C)C)cc1. The fourth-order valence-corrected chi connectivity index (χ4v) is 2.61. The number of rotatable bonds is 10. The Morgan fingerprint density at radius 2 is 1.59 bits per heavy atom. The minimum atomic E-state index is -0.864. The third kappa shape index (κ3) is 7.07. The number of ether oxygens (including phenoxy) is 2. The molecule has 2 aromatic rings. The molecule has 1 amide bonds. The summed E-state index contributed by atoms with van der Waals surface area (Å²) in [5, 5.41) is 2.62. The first kappa shape index (κ1) is 22.1. The van der Waals surface area contributed by atoms with E-state index in [1.54, 1.807) is 50.2 Å². The molecule has 6 nitrogen and oxygen atoms in total. The topological polar surface area (TPSA) is 81.7 Å². The molecule has 0 saturated heterocycles. The van der Waals surface area contributed by atoms with Crippen LogP contribution in [0.25, 0.3) is 0 Å². The van der Waals surface area contributed by atoms with Gasteiger partial charge in [-0.3, -0.25) is 9.59 Å². The average Bonchev–Trinajstić information content (AvgIpc) is 2.74. The first-order chi connectivity index (χ1) is 13.9. The molecule has 1 N–H and O–H groups in total. The zero-order valence-electron chi connectivity index (χ0n) is 17.0. The Kier molecular flexibility index (Phi) is 8.40. The summed E-state index contributed by atoms with van der Waals surface area (Å²) in [6, 6.07) is 15.2. The molecule has 6 heteroatoms. The van der Waals surface area contributed by atoms with Gasteiger partial charge in [0.25, 0.3) is 5.91 Å². The molecule has 1 atom stereocenters. The number of aryl methyl sites for hydroxylation is 1. The van der Waals surface area contributed by atoms with E-state index in [1.165, 1.54) is 0 Å². The summed E-state index contributed by atoms with van der Waals surface area (Å²) in [5.41, 5.74) is 1.61. The molecule has 154 valence electrons. The molecule has 0 aliphatic heterocycles. The van der Waals surface area contributed by atoms with Gasteiger partial charge >= 0.3 is 5.97 Å². The molecule has 0 radical (unpaired) electrons. The van der Waals surface area contributed by atoms with E-state index in [-0.39, 0.29) is 24.9 Å². The second-order valence-electron chi connectivity index (χ2n) is 6.97. The zero-order valence-corrected chi connectivity index (χ0v) is 17.0. The van der Waals surface area contributed by atoms with Gasteiger partial charge in [-0.05, 0) is 30.0 Å². The van der Waals surface area contributed by atoms with Crippen LogP contribution in [0.1, 0.15) is 36.7 Å². The standard InChI is InChI=1S/C23H27NO5/c1-4-17-10-12-18(13-11-17)20(25)14-29-23(27)22(16(2)3)24-21(26)15-28-19-8-6-5-7-9-19/h5-13,16,22H,4,14-15H2,1-3H3,(H,24,26)/t22-/m0/s1. The summed E-state index contributed by atoms with van der Waals surface area (Å²) in [6.07, 6.45) is 0.882. The van der Waals surface area contributed by atoms with Gasteiger partial charge in [0.15, 0.2) is 19.0 Å². The van der Waals surface area contributed by atoms with E-state index in [4.69, 9.17) is 9.47 Å². The zero-order chi connectivity index (χ0) is 21.2. The van der Waals surface area contributed by atoms with Crippen molar-refractivity contribution in [2.45, 2.75) is 33.2 Å². The molecule has 0 aliphatic rings. The van der Waals surface area contributed by atoms with Gasteiger partial charge in [0, 0.05) is 5.56 Å². The van der Waals surface area contributed by atoms with Crippen molar-refractivity contribution in [3.63, 3.8) is 0 Å². The molecular weight excluding hydrogens is 370 g/mol. The van der Waals surface area contributed by atoms with Crippen LogP contribution in [-0.4, -0.2) is 36.9 Å². The van der Waals surface area contributed by atoms with Crippen molar-refractivity contribution in [1.82, 2.24) is 5.32 Å². The van der Waals surface area contributed by atoms with Crippen molar-refractivity contribution in [2.24, 2.45) is 5.92 Å². The molecule has 0 spiro atoms. The van der Waals surface area contributed by atoms with E-state index < -0.39 is 17.9 Å². The predicted octanol–water partition coefficient (Wildman–Crippen LogP) is 3.19. The van der Waals surface area contributed by atoms with E-state index in [2.05, 4.69) is 5.32 Å². The van der Waals surface area contributed by atoms with Crippen LogP contribution in [0.15, 0.2) is 54.6 Å². The Morgan fingerprint density at radius 3 is 2.17 bits per heavy atom. The van der Waals surface area contributed by atoms with Crippen molar-refractivity contribution in [2.75, 3.05) is 13.2 Å². The van der Waals surface area contributed by atoms with Crippen LogP contribution < -0.4 is 10.1 Å². The number of esters is 1. The van der Waals surface area contributed by atoms with E-state index in [0.29, 0.717) is 11.3 Å². The molecule has 0 aromatic heterocycles. The maximum absolute atomic E-state index is 12.4. The number of Topliss-reactive ketones (excluding diaryl/α,β-unsaturated/α-hetero) is 1. The largest absolute Gasteiger partial charge is 0.484 e. The highest BCUT2D eigenvalue weighted by molar-refractivity contribution is 5.98. The molecule has 2 aromatic carbocycles. The molecule has 0 saturated carbocycles. The van der Waals surface area contributed by atoms with Crippen molar-refractivity contribution < 1.29 is 23.9 Å². The van der Waals surface area contributed by atoms with Gasteiger partial charge in [0.05, 0.1) is 0 Å². The Bertz CT molecular complexity index is 815. The smallest absolute Gasteiger partial charge is 0.329 e. The highest BCUT2D eigenvalue weighted by Crippen LogP contribution is 2.10. The summed E-state index contributed by atoms with van der Waals surface area (Å²) in [4.78, 5) is 36.8. The minimum Gasteiger partial charge on any atom is -0.484 e. The number of hydrogen-bond donors (Lipinski definition) is 1. The maximum atomic E-state index is 12.4. The maximum Gasteiger partial charge on any atom is 0.329 e. The lowest BCUT2D eigenvalue weighted by molar-refractivity contribution is -0.148. The third-order valence-corrected chi connectivity index (χ3v) is 4.38. The van der Waals surface area contributed by atoms with E-state index in [1.807, 2.05) is 25.1 Å². The van der Waals surface area contributed by atoms with Crippen LogP contribution in [0.2, 0.25) is 0 Å².